The SMILES string of the molecule is CC[C@@H](C)NC(=O)c1cccnc1Sc1ccccc1Cl. The number of carbonyl (C=O) groups excluding carboxylic acids is 1. The molecule has 2 rings (SSSR count). The smallest absolute Gasteiger partial charge is 0.254 e. The lowest BCUT2D eigenvalue weighted by Crippen LogP contribution is -2.32. The van der Waals surface area contributed by atoms with Gasteiger partial charge < -0.3 is 5.32 Å². The van der Waals surface area contributed by atoms with Crippen LogP contribution in [0, 0.1) is 0 Å². The van der Waals surface area contributed by atoms with Gasteiger partial charge in [0.2, 0.25) is 0 Å². The third kappa shape index (κ3) is 4.22. The molecule has 110 valence electrons. The minimum absolute atomic E-state index is 0.105. The second-order valence-electron chi connectivity index (χ2n) is 4.67. The molecule has 0 aliphatic heterocycles. The Morgan fingerprint density at radius 3 is 2.81 bits per heavy atom. The molecule has 21 heavy (non-hydrogen) atoms. The van der Waals surface area contributed by atoms with Gasteiger partial charge in [-0.1, -0.05) is 42.4 Å². The van der Waals surface area contributed by atoms with Crippen LogP contribution in [-0.2, 0) is 0 Å². The number of aromatic nitrogens is 1. The van der Waals surface area contributed by atoms with Crippen LogP contribution >= 0.6 is 23.4 Å². The molecule has 0 spiro atoms. The molecule has 1 aromatic heterocycles. The summed E-state index contributed by atoms with van der Waals surface area (Å²) in [5.41, 5.74) is 0.572. The third-order valence-electron chi connectivity index (χ3n) is 3.05. The van der Waals surface area contributed by atoms with Crippen LogP contribution in [0.15, 0.2) is 52.5 Å². The van der Waals surface area contributed by atoms with Crippen LogP contribution in [0.25, 0.3) is 0 Å². The van der Waals surface area contributed by atoms with Crippen molar-refractivity contribution in [2.75, 3.05) is 0 Å². The van der Waals surface area contributed by atoms with Crippen molar-refractivity contribution in [1.29, 1.82) is 0 Å². The number of nitrogens with one attached hydrogen (secondary N) is 1. The lowest BCUT2D eigenvalue weighted by atomic mass is 10.2. The van der Waals surface area contributed by atoms with Gasteiger partial charge in [-0.15, -0.1) is 0 Å². The van der Waals surface area contributed by atoms with E-state index in [4.69, 9.17) is 11.6 Å². The Labute approximate surface area is 134 Å². The van der Waals surface area contributed by atoms with Crippen LogP contribution < -0.4 is 5.32 Å². The lowest BCUT2D eigenvalue weighted by molar-refractivity contribution is 0.0935. The monoisotopic (exact) mass is 320 g/mol. The van der Waals surface area contributed by atoms with Gasteiger partial charge in [-0.3, -0.25) is 4.79 Å². The van der Waals surface area contributed by atoms with Gasteiger partial charge in [-0.2, -0.15) is 0 Å². The number of carbonyl (C=O) groups is 1. The quantitative estimate of drug-likeness (QED) is 0.887. The van der Waals surface area contributed by atoms with E-state index < -0.39 is 0 Å². The van der Waals surface area contributed by atoms with Crippen LogP contribution in [0.5, 0.6) is 0 Å². The van der Waals surface area contributed by atoms with Gasteiger partial charge in [-0.25, -0.2) is 4.98 Å². The Bertz CT molecular complexity index is 633. The Kier molecular flexibility index (Phi) is 5.65. The topological polar surface area (TPSA) is 42.0 Å². The number of hydrogen-bond acceptors (Lipinski definition) is 3. The first kappa shape index (κ1) is 15.9. The van der Waals surface area contributed by atoms with Crippen LogP contribution in [-0.4, -0.2) is 16.9 Å². The highest BCUT2D eigenvalue weighted by atomic mass is 35.5. The molecule has 0 unspecified atom stereocenters. The molecule has 1 amide bonds. The Morgan fingerprint density at radius 1 is 1.33 bits per heavy atom. The van der Waals surface area contributed by atoms with Crippen molar-refractivity contribution in [2.24, 2.45) is 0 Å². The molecular weight excluding hydrogens is 304 g/mol. The molecule has 0 saturated heterocycles. The van der Waals surface area contributed by atoms with Crippen molar-refractivity contribution in [1.82, 2.24) is 10.3 Å². The zero-order valence-electron chi connectivity index (χ0n) is 12.0. The summed E-state index contributed by atoms with van der Waals surface area (Å²) in [4.78, 5) is 17.5. The number of benzene rings is 1. The molecule has 1 aromatic carbocycles. The zero-order valence-corrected chi connectivity index (χ0v) is 13.5. The highest BCUT2D eigenvalue weighted by Gasteiger charge is 2.15. The standard InChI is InChI=1S/C16H17ClN2OS/c1-3-11(2)19-15(20)12-7-6-10-18-16(12)21-14-9-5-4-8-13(14)17/h4-11H,3H2,1-2H3,(H,19,20)/t11-/m1/s1. The predicted molar refractivity (Wildman–Crippen MR) is 87.0 cm³/mol. The lowest BCUT2D eigenvalue weighted by Gasteiger charge is -2.13. The minimum atomic E-state index is -0.105. The maximum atomic E-state index is 12.3. The second kappa shape index (κ2) is 7.48. The molecule has 1 heterocycles. The molecule has 0 saturated carbocycles. The molecular formula is C16H17ClN2OS. The van der Waals surface area contributed by atoms with Crippen molar-refractivity contribution >= 4 is 29.3 Å². The maximum absolute atomic E-state index is 12.3. The Balaban J connectivity index is 2.25. The van der Waals surface area contributed by atoms with Gasteiger partial charge >= 0.3 is 0 Å². The van der Waals surface area contributed by atoms with Crippen molar-refractivity contribution in [3.05, 3.63) is 53.2 Å². The molecule has 5 heteroatoms. The number of halogens is 1. The first-order valence-corrected chi connectivity index (χ1v) is 7.99. The summed E-state index contributed by atoms with van der Waals surface area (Å²) in [7, 11) is 0. The fourth-order valence-electron chi connectivity index (χ4n) is 1.68. The summed E-state index contributed by atoms with van der Waals surface area (Å²) < 4.78 is 0. The highest BCUT2D eigenvalue weighted by molar-refractivity contribution is 7.99. The fraction of sp³-hybridized carbons (Fsp3) is 0.250. The van der Waals surface area contributed by atoms with Crippen molar-refractivity contribution < 1.29 is 4.79 Å². The predicted octanol–water partition coefficient (Wildman–Crippen LogP) is 4.41. The number of nitrogens with zero attached hydrogens (tertiary/aromatic N) is 1. The van der Waals surface area contributed by atoms with Gasteiger partial charge in [0.1, 0.15) is 5.03 Å². The van der Waals surface area contributed by atoms with E-state index in [0.717, 1.165) is 11.3 Å². The van der Waals surface area contributed by atoms with E-state index in [-0.39, 0.29) is 11.9 Å². The maximum Gasteiger partial charge on any atom is 0.254 e. The zero-order chi connectivity index (χ0) is 15.2. The molecule has 1 atom stereocenters. The van der Waals surface area contributed by atoms with Gasteiger partial charge in [-0.05, 0) is 37.6 Å². The molecule has 0 bridgehead atoms. The van der Waals surface area contributed by atoms with Gasteiger partial charge in [0.15, 0.2) is 0 Å². The first-order valence-electron chi connectivity index (χ1n) is 6.80. The van der Waals surface area contributed by atoms with E-state index in [9.17, 15) is 4.79 Å². The molecule has 0 radical (unpaired) electrons. The number of hydrogen-bond donors (Lipinski definition) is 1. The summed E-state index contributed by atoms with van der Waals surface area (Å²) in [5.74, 6) is -0.105. The van der Waals surface area contributed by atoms with Crippen LogP contribution in [0.3, 0.4) is 0 Å². The molecule has 1 N–H and O–H groups in total. The van der Waals surface area contributed by atoms with E-state index in [1.807, 2.05) is 38.1 Å². The molecule has 0 aliphatic rings. The number of amides is 1. The fourth-order valence-corrected chi connectivity index (χ4v) is 2.84. The van der Waals surface area contributed by atoms with Crippen molar-refractivity contribution in [3.63, 3.8) is 0 Å². The highest BCUT2D eigenvalue weighted by Crippen LogP contribution is 2.33. The number of rotatable bonds is 5. The van der Waals surface area contributed by atoms with E-state index >= 15 is 0 Å². The largest absolute Gasteiger partial charge is 0.350 e. The van der Waals surface area contributed by atoms with Gasteiger partial charge in [0.05, 0.1) is 10.6 Å². The summed E-state index contributed by atoms with van der Waals surface area (Å²) >= 11 is 7.56. The molecule has 0 fully saturated rings. The number of pyridine rings is 1. The van der Waals surface area contributed by atoms with E-state index in [2.05, 4.69) is 10.3 Å². The van der Waals surface area contributed by atoms with Crippen LogP contribution in [0.1, 0.15) is 30.6 Å². The van der Waals surface area contributed by atoms with Gasteiger partial charge in [0, 0.05) is 17.1 Å². The average Bonchev–Trinajstić information content (AvgIpc) is 2.50. The first-order chi connectivity index (χ1) is 10.1. The van der Waals surface area contributed by atoms with Crippen LogP contribution in [0.4, 0.5) is 0 Å². The molecule has 0 aliphatic carbocycles. The normalized spacial score (nSPS) is 12.0. The Morgan fingerprint density at radius 2 is 2.10 bits per heavy atom. The summed E-state index contributed by atoms with van der Waals surface area (Å²) in [6.45, 7) is 4.02. The minimum Gasteiger partial charge on any atom is -0.350 e. The second-order valence-corrected chi connectivity index (χ2v) is 6.11. The average molecular weight is 321 g/mol. The Hall–Kier alpha value is -1.52. The summed E-state index contributed by atoms with van der Waals surface area (Å²) in [6.07, 6.45) is 2.57. The van der Waals surface area contributed by atoms with Gasteiger partial charge in [0.25, 0.3) is 5.91 Å². The van der Waals surface area contributed by atoms with E-state index in [1.165, 1.54) is 11.8 Å². The van der Waals surface area contributed by atoms with Crippen molar-refractivity contribution in [2.45, 2.75) is 36.2 Å². The molecule has 3 nitrogen and oxygen atoms in total. The van der Waals surface area contributed by atoms with E-state index in [0.29, 0.717) is 15.6 Å². The summed E-state index contributed by atoms with van der Waals surface area (Å²) in [5, 5.41) is 4.27. The van der Waals surface area contributed by atoms with Crippen LogP contribution in [0.2, 0.25) is 5.02 Å². The van der Waals surface area contributed by atoms with Crippen molar-refractivity contribution in [3.8, 4) is 0 Å². The molecule has 2 aromatic rings. The van der Waals surface area contributed by atoms with E-state index in [1.54, 1.807) is 18.3 Å². The summed E-state index contributed by atoms with van der Waals surface area (Å²) in [6, 6.07) is 11.2. The third-order valence-corrected chi connectivity index (χ3v) is 4.59.